The lowest BCUT2D eigenvalue weighted by atomic mass is 10.2. The van der Waals surface area contributed by atoms with Crippen molar-refractivity contribution in [1.29, 1.82) is 0 Å². The first-order chi connectivity index (χ1) is 9.05. The first-order valence-corrected chi connectivity index (χ1v) is 6.16. The molecule has 0 aliphatic carbocycles. The summed E-state index contributed by atoms with van der Waals surface area (Å²) in [7, 11) is 1.90. The van der Waals surface area contributed by atoms with Gasteiger partial charge in [0.15, 0.2) is 0 Å². The molecule has 0 radical (unpaired) electrons. The molecule has 102 valence electrons. The number of rotatable bonds is 4. The lowest BCUT2D eigenvalue weighted by molar-refractivity contribution is 0.746. The number of hydrogen-bond donors (Lipinski definition) is 3. The van der Waals surface area contributed by atoms with E-state index in [-0.39, 0.29) is 0 Å². The summed E-state index contributed by atoms with van der Waals surface area (Å²) < 4.78 is 1.78. The largest absolute Gasteiger partial charge is 0.337 e. The van der Waals surface area contributed by atoms with Crippen molar-refractivity contribution in [3.8, 4) is 0 Å². The van der Waals surface area contributed by atoms with E-state index in [0.717, 1.165) is 29.2 Å². The highest BCUT2D eigenvalue weighted by atomic mass is 15.3. The SMILES string of the molecule is CCc1nn(C)cc1Nc1nc(C)nc(NN)c1C. The lowest BCUT2D eigenvalue weighted by Crippen LogP contribution is -2.13. The minimum atomic E-state index is 0.622. The van der Waals surface area contributed by atoms with E-state index in [1.807, 2.05) is 27.1 Å². The molecule has 0 aliphatic rings. The van der Waals surface area contributed by atoms with Gasteiger partial charge >= 0.3 is 0 Å². The van der Waals surface area contributed by atoms with Crippen molar-refractivity contribution < 1.29 is 0 Å². The van der Waals surface area contributed by atoms with Gasteiger partial charge in [0, 0.05) is 18.8 Å². The van der Waals surface area contributed by atoms with Crippen LogP contribution in [0, 0.1) is 13.8 Å². The number of nitrogens with one attached hydrogen (secondary N) is 2. The van der Waals surface area contributed by atoms with Crippen LogP contribution in [-0.2, 0) is 13.5 Å². The van der Waals surface area contributed by atoms with Crippen LogP contribution in [0.4, 0.5) is 17.3 Å². The Morgan fingerprint density at radius 1 is 1.26 bits per heavy atom. The number of aryl methyl sites for hydroxylation is 3. The topological polar surface area (TPSA) is 93.7 Å². The van der Waals surface area contributed by atoms with Crippen LogP contribution in [0.3, 0.4) is 0 Å². The smallest absolute Gasteiger partial charge is 0.148 e. The van der Waals surface area contributed by atoms with Crippen LogP contribution in [0.25, 0.3) is 0 Å². The molecule has 2 heterocycles. The molecule has 0 spiro atoms. The molecule has 0 aliphatic heterocycles. The van der Waals surface area contributed by atoms with Crippen LogP contribution >= 0.6 is 0 Å². The molecule has 0 fully saturated rings. The third-order valence-electron chi connectivity index (χ3n) is 2.89. The minimum Gasteiger partial charge on any atom is -0.337 e. The molecule has 0 saturated heterocycles. The van der Waals surface area contributed by atoms with Crippen molar-refractivity contribution in [2.45, 2.75) is 27.2 Å². The van der Waals surface area contributed by atoms with Gasteiger partial charge in [-0.2, -0.15) is 5.10 Å². The fourth-order valence-electron chi connectivity index (χ4n) is 1.92. The molecular weight excluding hydrogens is 242 g/mol. The van der Waals surface area contributed by atoms with E-state index in [4.69, 9.17) is 5.84 Å². The summed E-state index contributed by atoms with van der Waals surface area (Å²) in [5.74, 6) is 7.47. The molecule has 4 N–H and O–H groups in total. The quantitative estimate of drug-likeness (QED) is 0.569. The second-order valence-electron chi connectivity index (χ2n) is 4.38. The average molecular weight is 261 g/mol. The fourth-order valence-corrected chi connectivity index (χ4v) is 1.92. The molecule has 2 rings (SSSR count). The van der Waals surface area contributed by atoms with Crippen LogP contribution < -0.4 is 16.6 Å². The number of anilines is 3. The van der Waals surface area contributed by atoms with Crippen molar-refractivity contribution in [3.05, 3.63) is 23.3 Å². The molecular formula is C12H19N7. The molecule has 0 unspecified atom stereocenters. The molecule has 0 bridgehead atoms. The lowest BCUT2D eigenvalue weighted by Gasteiger charge is -2.12. The van der Waals surface area contributed by atoms with E-state index < -0.39 is 0 Å². The molecule has 0 saturated carbocycles. The summed E-state index contributed by atoms with van der Waals surface area (Å²) in [5, 5.41) is 7.69. The standard InChI is InChI=1S/C12H19N7/c1-5-9-10(6-19(4)18-9)16-11-7(2)12(17-13)15-8(3)14-11/h6H,5,13H2,1-4H3,(H2,14,15,16,17). The summed E-state index contributed by atoms with van der Waals surface area (Å²) in [5.41, 5.74) is 5.41. The number of hydrazine groups is 1. The second kappa shape index (κ2) is 5.23. The zero-order valence-corrected chi connectivity index (χ0v) is 11.7. The summed E-state index contributed by atoms with van der Waals surface area (Å²) in [6.07, 6.45) is 2.79. The van der Waals surface area contributed by atoms with Crippen molar-refractivity contribution in [1.82, 2.24) is 19.7 Å². The summed E-state index contributed by atoms with van der Waals surface area (Å²) >= 11 is 0. The molecule has 0 aromatic carbocycles. The van der Waals surface area contributed by atoms with Gasteiger partial charge < -0.3 is 10.7 Å². The molecule has 2 aromatic rings. The molecule has 0 atom stereocenters. The molecule has 7 heteroatoms. The predicted octanol–water partition coefficient (Wildman–Crippen LogP) is 1.42. The highest BCUT2D eigenvalue weighted by Gasteiger charge is 2.12. The van der Waals surface area contributed by atoms with Crippen LogP contribution in [-0.4, -0.2) is 19.7 Å². The van der Waals surface area contributed by atoms with E-state index in [0.29, 0.717) is 11.6 Å². The van der Waals surface area contributed by atoms with E-state index >= 15 is 0 Å². The van der Waals surface area contributed by atoms with Crippen molar-refractivity contribution in [2.75, 3.05) is 10.7 Å². The average Bonchev–Trinajstić information content (AvgIpc) is 2.73. The van der Waals surface area contributed by atoms with Gasteiger partial charge in [-0.1, -0.05) is 6.92 Å². The third-order valence-corrected chi connectivity index (χ3v) is 2.89. The third kappa shape index (κ3) is 2.65. The van der Waals surface area contributed by atoms with Gasteiger partial charge in [0.1, 0.15) is 17.5 Å². The normalized spacial score (nSPS) is 10.6. The maximum Gasteiger partial charge on any atom is 0.148 e. The first-order valence-electron chi connectivity index (χ1n) is 6.16. The van der Waals surface area contributed by atoms with Gasteiger partial charge in [0.25, 0.3) is 0 Å². The van der Waals surface area contributed by atoms with Gasteiger partial charge in [-0.05, 0) is 20.3 Å². The van der Waals surface area contributed by atoms with E-state index in [2.05, 4.69) is 32.7 Å². The zero-order valence-electron chi connectivity index (χ0n) is 11.7. The Labute approximate surface area is 112 Å². The molecule has 19 heavy (non-hydrogen) atoms. The van der Waals surface area contributed by atoms with Gasteiger partial charge in [0.2, 0.25) is 0 Å². The fraction of sp³-hybridized carbons (Fsp3) is 0.417. The Morgan fingerprint density at radius 2 is 1.95 bits per heavy atom. The van der Waals surface area contributed by atoms with Gasteiger partial charge in [-0.15, -0.1) is 0 Å². The zero-order chi connectivity index (χ0) is 14.0. The molecule has 7 nitrogen and oxygen atoms in total. The number of aromatic nitrogens is 4. The second-order valence-corrected chi connectivity index (χ2v) is 4.38. The minimum absolute atomic E-state index is 0.622. The highest BCUT2D eigenvalue weighted by Crippen LogP contribution is 2.24. The highest BCUT2D eigenvalue weighted by molar-refractivity contribution is 5.65. The van der Waals surface area contributed by atoms with Crippen LogP contribution in [0.2, 0.25) is 0 Å². The van der Waals surface area contributed by atoms with Crippen LogP contribution in [0.15, 0.2) is 6.20 Å². The summed E-state index contributed by atoms with van der Waals surface area (Å²) in [6, 6.07) is 0. The van der Waals surface area contributed by atoms with E-state index in [1.54, 1.807) is 4.68 Å². The van der Waals surface area contributed by atoms with Crippen molar-refractivity contribution in [2.24, 2.45) is 12.9 Å². The van der Waals surface area contributed by atoms with Gasteiger partial charge in [0.05, 0.1) is 11.4 Å². The molecule has 2 aromatic heterocycles. The van der Waals surface area contributed by atoms with E-state index in [9.17, 15) is 0 Å². The maximum absolute atomic E-state index is 5.46. The Balaban J connectivity index is 2.40. The number of hydrogen-bond acceptors (Lipinski definition) is 6. The monoisotopic (exact) mass is 261 g/mol. The Bertz CT molecular complexity index is 588. The van der Waals surface area contributed by atoms with Gasteiger partial charge in [-0.3, -0.25) is 4.68 Å². The molecule has 0 amide bonds. The summed E-state index contributed by atoms with van der Waals surface area (Å²) in [4.78, 5) is 8.64. The summed E-state index contributed by atoms with van der Waals surface area (Å²) in [6.45, 7) is 5.81. The number of nitrogens with two attached hydrogens (primary N) is 1. The van der Waals surface area contributed by atoms with Crippen molar-refractivity contribution in [3.63, 3.8) is 0 Å². The van der Waals surface area contributed by atoms with Gasteiger partial charge in [-0.25, -0.2) is 15.8 Å². The van der Waals surface area contributed by atoms with Crippen LogP contribution in [0.1, 0.15) is 24.0 Å². The predicted molar refractivity (Wildman–Crippen MR) is 75.2 cm³/mol. The number of nitrogens with zero attached hydrogens (tertiary/aromatic N) is 4. The van der Waals surface area contributed by atoms with Crippen LogP contribution in [0.5, 0.6) is 0 Å². The van der Waals surface area contributed by atoms with Crippen molar-refractivity contribution >= 4 is 17.3 Å². The number of nitrogen functional groups attached to an aromatic ring is 1. The maximum atomic E-state index is 5.46. The first kappa shape index (κ1) is 13.3. The Kier molecular flexibility index (Phi) is 3.66. The Hall–Kier alpha value is -2.15. The van der Waals surface area contributed by atoms with E-state index in [1.165, 1.54) is 0 Å². The Morgan fingerprint density at radius 3 is 2.58 bits per heavy atom.